The molecule has 7 heteroatoms. The first-order valence-electron chi connectivity index (χ1n) is 7.80. The lowest BCUT2D eigenvalue weighted by molar-refractivity contribution is -0.144. The molecule has 2 rings (SSSR count). The molecule has 134 valence electrons. The molecule has 2 aromatic rings. The van der Waals surface area contributed by atoms with Crippen molar-refractivity contribution in [3.63, 3.8) is 0 Å². The number of nitrogen functional groups attached to an aromatic ring is 1. The Morgan fingerprint density at radius 3 is 2.44 bits per heavy atom. The Kier molecular flexibility index (Phi) is 6.32. The fourth-order valence-electron chi connectivity index (χ4n) is 2.46. The zero-order valence-electron chi connectivity index (χ0n) is 14.3. The first-order valence-corrected chi connectivity index (χ1v) is 7.80. The number of aliphatic carboxylic acids is 1. The summed E-state index contributed by atoms with van der Waals surface area (Å²) in [5.41, 5.74) is 6.57. The minimum absolute atomic E-state index is 0.131. The van der Waals surface area contributed by atoms with Crippen molar-refractivity contribution in [2.45, 2.75) is 6.04 Å². The molecule has 0 radical (unpaired) electrons. The number of methoxy groups -OCH3 is 1. The summed E-state index contributed by atoms with van der Waals surface area (Å²) in [5.74, 6) is -1.61. The van der Waals surface area contributed by atoms with Crippen LogP contribution in [0.2, 0.25) is 0 Å². The van der Waals surface area contributed by atoms with E-state index in [9.17, 15) is 14.7 Å². The Balaban J connectivity index is 2.21. The molecule has 0 aliphatic heterocycles. The van der Waals surface area contributed by atoms with Crippen LogP contribution in [0.1, 0.15) is 10.4 Å². The highest BCUT2D eigenvalue weighted by molar-refractivity contribution is 6.04. The smallest absolute Gasteiger partial charge is 0.328 e. The van der Waals surface area contributed by atoms with Crippen molar-refractivity contribution in [2.75, 3.05) is 39.7 Å². The molecule has 3 N–H and O–H groups in total. The molecular weight excluding hydrogens is 324 g/mol. The average molecular weight is 346 g/mol. The summed E-state index contributed by atoms with van der Waals surface area (Å²) < 4.78 is 10.1. The molecule has 1 amide bonds. The quantitative estimate of drug-likeness (QED) is 0.556. The number of anilines is 1. The number of rotatable bonds is 8. The van der Waals surface area contributed by atoms with Gasteiger partial charge in [-0.1, -0.05) is 24.3 Å². The minimum Gasteiger partial charge on any atom is -0.480 e. The second-order valence-corrected chi connectivity index (χ2v) is 5.62. The van der Waals surface area contributed by atoms with Crippen LogP contribution in [-0.2, 0) is 14.3 Å². The lowest BCUT2D eigenvalue weighted by atomic mass is 10.0. The number of carbonyl (C=O) groups excluding carboxylic acids is 1. The van der Waals surface area contributed by atoms with E-state index >= 15 is 0 Å². The first kappa shape index (κ1) is 18.7. The van der Waals surface area contributed by atoms with E-state index in [1.807, 2.05) is 24.3 Å². The number of amides is 1. The van der Waals surface area contributed by atoms with E-state index in [2.05, 4.69) is 0 Å². The van der Waals surface area contributed by atoms with Gasteiger partial charge in [-0.2, -0.15) is 0 Å². The van der Waals surface area contributed by atoms with E-state index in [0.29, 0.717) is 12.3 Å². The van der Waals surface area contributed by atoms with Gasteiger partial charge >= 0.3 is 5.97 Å². The van der Waals surface area contributed by atoms with Gasteiger partial charge in [0.2, 0.25) is 0 Å². The molecule has 0 aliphatic carbocycles. The zero-order valence-corrected chi connectivity index (χ0v) is 14.3. The van der Waals surface area contributed by atoms with Crippen LogP contribution in [0, 0.1) is 0 Å². The molecule has 1 atom stereocenters. The lowest BCUT2D eigenvalue weighted by Gasteiger charge is -2.25. The van der Waals surface area contributed by atoms with Gasteiger partial charge in [-0.15, -0.1) is 0 Å². The van der Waals surface area contributed by atoms with Crippen molar-refractivity contribution in [3.05, 3.63) is 42.0 Å². The minimum atomic E-state index is -1.15. The second-order valence-electron chi connectivity index (χ2n) is 5.62. The second kappa shape index (κ2) is 8.46. The van der Waals surface area contributed by atoms with E-state index in [1.165, 1.54) is 14.2 Å². The topological polar surface area (TPSA) is 102 Å². The van der Waals surface area contributed by atoms with Crippen LogP contribution >= 0.6 is 0 Å². The average Bonchev–Trinajstić information content (AvgIpc) is 2.59. The lowest BCUT2D eigenvalue weighted by Crippen LogP contribution is -2.45. The Hall–Kier alpha value is -2.64. The number of carboxylic acids is 1. The van der Waals surface area contributed by atoms with Gasteiger partial charge in [-0.05, 0) is 22.9 Å². The standard InChI is InChI=1S/C18H22N2O5/c1-20(16(18(22)23)11-25-8-7-24-2)17(21)14-9-12-5-3-4-6-13(12)10-15(14)19/h3-6,9-10,16H,7-8,11,19H2,1-2H3,(H,22,23). The van der Waals surface area contributed by atoms with Crippen molar-refractivity contribution >= 4 is 28.3 Å². The molecule has 0 saturated carbocycles. The number of nitrogens with two attached hydrogens (primary N) is 1. The number of carbonyl (C=O) groups is 2. The number of hydrogen-bond acceptors (Lipinski definition) is 5. The Morgan fingerprint density at radius 2 is 1.84 bits per heavy atom. The van der Waals surface area contributed by atoms with Crippen LogP contribution in [0.25, 0.3) is 10.8 Å². The fraction of sp³-hybridized carbons (Fsp3) is 0.333. The summed E-state index contributed by atoms with van der Waals surface area (Å²) in [6.45, 7) is 0.469. The van der Waals surface area contributed by atoms with Crippen molar-refractivity contribution in [1.29, 1.82) is 0 Å². The molecule has 0 bridgehead atoms. The molecule has 2 aromatic carbocycles. The van der Waals surface area contributed by atoms with Gasteiger partial charge in [0.05, 0.1) is 25.4 Å². The van der Waals surface area contributed by atoms with Crippen LogP contribution in [0.5, 0.6) is 0 Å². The molecule has 1 unspecified atom stereocenters. The van der Waals surface area contributed by atoms with Gasteiger partial charge in [0, 0.05) is 19.8 Å². The summed E-state index contributed by atoms with van der Waals surface area (Å²) in [7, 11) is 2.95. The van der Waals surface area contributed by atoms with Crippen LogP contribution in [0.15, 0.2) is 36.4 Å². The zero-order chi connectivity index (χ0) is 18.4. The van der Waals surface area contributed by atoms with Gasteiger partial charge in [0.25, 0.3) is 5.91 Å². The highest BCUT2D eigenvalue weighted by Gasteiger charge is 2.28. The SMILES string of the molecule is COCCOCC(C(=O)O)N(C)C(=O)c1cc2ccccc2cc1N. The van der Waals surface area contributed by atoms with Crippen molar-refractivity contribution in [3.8, 4) is 0 Å². The van der Waals surface area contributed by atoms with Crippen LogP contribution < -0.4 is 5.73 Å². The van der Waals surface area contributed by atoms with E-state index in [4.69, 9.17) is 15.2 Å². The highest BCUT2D eigenvalue weighted by atomic mass is 16.5. The maximum atomic E-state index is 12.7. The molecular formula is C18H22N2O5. The predicted octanol–water partition coefficient (Wildman–Crippen LogP) is 1.61. The monoisotopic (exact) mass is 346 g/mol. The summed E-state index contributed by atoms with van der Waals surface area (Å²) >= 11 is 0. The first-order chi connectivity index (χ1) is 12.0. The van der Waals surface area contributed by atoms with Crippen LogP contribution in [-0.4, -0.2) is 61.9 Å². The normalized spacial score (nSPS) is 12.1. The molecule has 0 fully saturated rings. The van der Waals surface area contributed by atoms with Gasteiger partial charge in [0.15, 0.2) is 6.04 Å². The number of benzene rings is 2. The molecule has 0 saturated heterocycles. The van der Waals surface area contributed by atoms with Gasteiger partial charge < -0.3 is 25.2 Å². The Morgan fingerprint density at radius 1 is 1.20 bits per heavy atom. The number of likely N-dealkylation sites (N-methyl/N-ethyl adjacent to an activating group) is 1. The molecule has 0 aliphatic rings. The van der Waals surface area contributed by atoms with Crippen molar-refractivity contribution in [2.24, 2.45) is 0 Å². The summed E-state index contributed by atoms with van der Waals surface area (Å²) in [4.78, 5) is 25.4. The summed E-state index contributed by atoms with van der Waals surface area (Å²) in [5, 5.41) is 11.2. The molecule has 0 spiro atoms. The Labute approximate surface area is 145 Å². The number of nitrogens with zero attached hydrogens (tertiary/aromatic N) is 1. The molecule has 25 heavy (non-hydrogen) atoms. The van der Waals surface area contributed by atoms with Gasteiger partial charge in [0.1, 0.15) is 0 Å². The summed E-state index contributed by atoms with van der Waals surface area (Å²) in [6.07, 6.45) is 0. The number of carboxylic acid groups (broad SMARTS) is 1. The molecule has 0 heterocycles. The van der Waals surface area contributed by atoms with Crippen molar-refractivity contribution in [1.82, 2.24) is 4.90 Å². The third-order valence-electron chi connectivity index (χ3n) is 3.93. The molecule has 7 nitrogen and oxygen atoms in total. The largest absolute Gasteiger partial charge is 0.480 e. The maximum absolute atomic E-state index is 12.7. The fourth-order valence-corrected chi connectivity index (χ4v) is 2.46. The van der Waals surface area contributed by atoms with E-state index in [0.717, 1.165) is 15.7 Å². The number of hydrogen-bond donors (Lipinski definition) is 2. The number of ether oxygens (including phenoxy) is 2. The van der Waals surface area contributed by atoms with E-state index < -0.39 is 17.9 Å². The van der Waals surface area contributed by atoms with Crippen LogP contribution in [0.4, 0.5) is 5.69 Å². The van der Waals surface area contributed by atoms with Crippen LogP contribution in [0.3, 0.4) is 0 Å². The summed E-state index contributed by atoms with van der Waals surface area (Å²) in [6, 6.07) is 9.78. The van der Waals surface area contributed by atoms with Gasteiger partial charge in [-0.3, -0.25) is 4.79 Å². The van der Waals surface area contributed by atoms with Gasteiger partial charge in [-0.25, -0.2) is 4.79 Å². The maximum Gasteiger partial charge on any atom is 0.328 e. The molecule has 0 aromatic heterocycles. The van der Waals surface area contributed by atoms with E-state index in [-0.39, 0.29) is 18.8 Å². The van der Waals surface area contributed by atoms with Crippen molar-refractivity contribution < 1.29 is 24.2 Å². The van der Waals surface area contributed by atoms with E-state index in [1.54, 1.807) is 12.1 Å². The number of fused-ring (bicyclic) bond motifs is 1. The Bertz CT molecular complexity index is 762. The third kappa shape index (κ3) is 4.46. The highest BCUT2D eigenvalue weighted by Crippen LogP contribution is 2.23. The predicted molar refractivity (Wildman–Crippen MR) is 94.6 cm³/mol. The third-order valence-corrected chi connectivity index (χ3v) is 3.93.